The van der Waals surface area contributed by atoms with Gasteiger partial charge in [-0.25, -0.2) is 0 Å². The number of rotatable bonds is 4. The Kier molecular flexibility index (Phi) is 4.08. The molecule has 86 valence electrons. The highest BCUT2D eigenvalue weighted by Gasteiger charge is 2.29. The third-order valence-corrected chi connectivity index (χ3v) is 2.90. The summed E-state index contributed by atoms with van der Waals surface area (Å²) >= 11 is 0. The molecule has 0 aromatic rings. The van der Waals surface area contributed by atoms with Gasteiger partial charge in [-0.2, -0.15) is 0 Å². The Morgan fingerprint density at radius 3 is 2.67 bits per heavy atom. The van der Waals surface area contributed by atoms with Crippen molar-refractivity contribution in [1.82, 2.24) is 4.90 Å². The van der Waals surface area contributed by atoms with Crippen molar-refractivity contribution in [1.29, 1.82) is 0 Å². The summed E-state index contributed by atoms with van der Waals surface area (Å²) < 4.78 is 0. The number of carbonyl (C=O) groups excluding carboxylic acids is 2. The molecule has 0 aromatic heterocycles. The monoisotopic (exact) mass is 213 g/mol. The molecule has 0 aliphatic carbocycles. The van der Waals surface area contributed by atoms with Gasteiger partial charge in [0.15, 0.2) is 0 Å². The van der Waals surface area contributed by atoms with Crippen molar-refractivity contribution in [3.8, 4) is 0 Å². The maximum Gasteiger partial charge on any atom is 0.224 e. The van der Waals surface area contributed by atoms with Crippen LogP contribution >= 0.6 is 0 Å². The van der Waals surface area contributed by atoms with Crippen LogP contribution in [0.3, 0.4) is 0 Å². The first-order valence-corrected chi connectivity index (χ1v) is 5.37. The van der Waals surface area contributed by atoms with Crippen molar-refractivity contribution in [2.45, 2.75) is 32.2 Å². The maximum absolute atomic E-state index is 11.7. The molecule has 0 spiro atoms. The molecule has 5 heteroatoms. The summed E-state index contributed by atoms with van der Waals surface area (Å²) in [5.41, 5.74) is 10.9. The Balaban J connectivity index is 2.40. The van der Waals surface area contributed by atoms with Crippen molar-refractivity contribution in [2.24, 2.45) is 17.4 Å². The predicted molar refractivity (Wildman–Crippen MR) is 56.8 cm³/mol. The van der Waals surface area contributed by atoms with E-state index in [-0.39, 0.29) is 23.8 Å². The molecule has 5 nitrogen and oxygen atoms in total. The molecule has 0 aromatic carbocycles. The SMILES string of the molecule is CCC(N)CC(=O)N1CCC(C(N)=O)C1. The molecule has 1 aliphatic heterocycles. The number of carbonyl (C=O) groups is 2. The highest BCUT2D eigenvalue weighted by Crippen LogP contribution is 2.16. The number of amides is 2. The van der Waals surface area contributed by atoms with E-state index in [1.54, 1.807) is 4.90 Å². The number of nitrogens with two attached hydrogens (primary N) is 2. The Morgan fingerprint density at radius 1 is 1.53 bits per heavy atom. The Labute approximate surface area is 89.8 Å². The number of nitrogens with zero attached hydrogens (tertiary/aromatic N) is 1. The highest BCUT2D eigenvalue weighted by molar-refractivity contribution is 5.81. The average Bonchev–Trinajstić information content (AvgIpc) is 2.66. The number of hydrogen-bond donors (Lipinski definition) is 2. The zero-order valence-electron chi connectivity index (χ0n) is 9.11. The van der Waals surface area contributed by atoms with E-state index in [9.17, 15) is 9.59 Å². The van der Waals surface area contributed by atoms with E-state index in [1.165, 1.54) is 0 Å². The first kappa shape index (κ1) is 12.0. The average molecular weight is 213 g/mol. The first-order valence-electron chi connectivity index (χ1n) is 5.37. The summed E-state index contributed by atoms with van der Waals surface area (Å²) in [5, 5.41) is 0. The van der Waals surface area contributed by atoms with Gasteiger partial charge in [0.2, 0.25) is 11.8 Å². The van der Waals surface area contributed by atoms with E-state index in [1.807, 2.05) is 6.92 Å². The molecule has 1 saturated heterocycles. The van der Waals surface area contributed by atoms with Crippen LogP contribution in [0, 0.1) is 5.92 Å². The number of primary amides is 1. The Bertz CT molecular complexity index is 255. The van der Waals surface area contributed by atoms with Gasteiger partial charge in [0, 0.05) is 25.6 Å². The molecule has 2 atom stereocenters. The lowest BCUT2D eigenvalue weighted by Crippen LogP contribution is -2.35. The molecule has 4 N–H and O–H groups in total. The Hall–Kier alpha value is -1.10. The summed E-state index contributed by atoms with van der Waals surface area (Å²) in [6.07, 6.45) is 1.84. The molecule has 2 amide bonds. The molecule has 0 bridgehead atoms. The fraction of sp³-hybridized carbons (Fsp3) is 0.800. The summed E-state index contributed by atoms with van der Waals surface area (Å²) in [6, 6.07) is -0.0786. The second-order valence-electron chi connectivity index (χ2n) is 4.10. The van der Waals surface area contributed by atoms with Gasteiger partial charge in [-0.05, 0) is 12.8 Å². The molecular weight excluding hydrogens is 194 g/mol. The maximum atomic E-state index is 11.7. The van der Waals surface area contributed by atoms with Crippen LogP contribution in [-0.2, 0) is 9.59 Å². The Morgan fingerprint density at radius 2 is 2.20 bits per heavy atom. The van der Waals surface area contributed by atoms with Crippen molar-refractivity contribution in [3.63, 3.8) is 0 Å². The highest BCUT2D eigenvalue weighted by atomic mass is 16.2. The van der Waals surface area contributed by atoms with Crippen LogP contribution in [0.1, 0.15) is 26.2 Å². The lowest BCUT2D eigenvalue weighted by molar-refractivity contribution is -0.130. The third-order valence-electron chi connectivity index (χ3n) is 2.90. The van der Waals surface area contributed by atoms with Crippen LogP contribution < -0.4 is 11.5 Å². The predicted octanol–water partition coefficient (Wildman–Crippen LogP) is -0.552. The lowest BCUT2D eigenvalue weighted by Gasteiger charge is -2.18. The van der Waals surface area contributed by atoms with Gasteiger partial charge in [-0.3, -0.25) is 9.59 Å². The van der Waals surface area contributed by atoms with Crippen molar-refractivity contribution in [3.05, 3.63) is 0 Å². The van der Waals surface area contributed by atoms with Crippen LogP contribution in [0.15, 0.2) is 0 Å². The van der Waals surface area contributed by atoms with Gasteiger partial charge in [0.25, 0.3) is 0 Å². The van der Waals surface area contributed by atoms with Crippen LogP contribution in [0.25, 0.3) is 0 Å². The van der Waals surface area contributed by atoms with Crippen LogP contribution in [0.4, 0.5) is 0 Å². The van der Waals surface area contributed by atoms with Gasteiger partial charge in [-0.15, -0.1) is 0 Å². The fourth-order valence-corrected chi connectivity index (χ4v) is 1.72. The number of hydrogen-bond acceptors (Lipinski definition) is 3. The molecule has 15 heavy (non-hydrogen) atoms. The standard InChI is InChI=1S/C10H19N3O2/c1-2-8(11)5-9(14)13-4-3-7(6-13)10(12)15/h7-8H,2-6,11H2,1H3,(H2,12,15). The number of likely N-dealkylation sites (tertiary alicyclic amines) is 1. The first-order chi connectivity index (χ1) is 7.04. The molecule has 0 saturated carbocycles. The molecule has 1 aliphatic rings. The quantitative estimate of drug-likeness (QED) is 0.656. The third kappa shape index (κ3) is 3.20. The van der Waals surface area contributed by atoms with Crippen molar-refractivity contribution >= 4 is 11.8 Å². The minimum atomic E-state index is -0.315. The summed E-state index contributed by atoms with van der Waals surface area (Å²) in [5.74, 6) is -0.454. The second kappa shape index (κ2) is 5.11. The largest absolute Gasteiger partial charge is 0.369 e. The summed E-state index contributed by atoms with van der Waals surface area (Å²) in [6.45, 7) is 3.04. The van der Waals surface area contributed by atoms with Crippen LogP contribution in [0.5, 0.6) is 0 Å². The minimum absolute atomic E-state index is 0.0353. The molecule has 1 rings (SSSR count). The second-order valence-corrected chi connectivity index (χ2v) is 4.10. The minimum Gasteiger partial charge on any atom is -0.369 e. The smallest absolute Gasteiger partial charge is 0.224 e. The van der Waals surface area contributed by atoms with E-state index in [4.69, 9.17) is 11.5 Å². The van der Waals surface area contributed by atoms with Crippen molar-refractivity contribution < 1.29 is 9.59 Å². The van der Waals surface area contributed by atoms with E-state index in [0.29, 0.717) is 25.9 Å². The van der Waals surface area contributed by atoms with Crippen molar-refractivity contribution in [2.75, 3.05) is 13.1 Å². The van der Waals surface area contributed by atoms with Crippen LogP contribution in [-0.4, -0.2) is 35.8 Å². The zero-order chi connectivity index (χ0) is 11.4. The van der Waals surface area contributed by atoms with E-state index < -0.39 is 0 Å². The lowest BCUT2D eigenvalue weighted by atomic mass is 10.1. The fourth-order valence-electron chi connectivity index (χ4n) is 1.72. The molecule has 1 heterocycles. The molecular formula is C10H19N3O2. The molecule has 1 fully saturated rings. The van der Waals surface area contributed by atoms with Gasteiger partial charge >= 0.3 is 0 Å². The van der Waals surface area contributed by atoms with E-state index >= 15 is 0 Å². The normalized spacial score (nSPS) is 22.8. The van der Waals surface area contributed by atoms with E-state index in [0.717, 1.165) is 6.42 Å². The summed E-state index contributed by atoms with van der Waals surface area (Å²) in [4.78, 5) is 24.3. The summed E-state index contributed by atoms with van der Waals surface area (Å²) in [7, 11) is 0. The molecule has 0 radical (unpaired) electrons. The molecule has 2 unspecified atom stereocenters. The van der Waals surface area contributed by atoms with Gasteiger partial charge in [0.1, 0.15) is 0 Å². The topological polar surface area (TPSA) is 89.4 Å². The van der Waals surface area contributed by atoms with E-state index in [2.05, 4.69) is 0 Å². The van der Waals surface area contributed by atoms with Gasteiger partial charge in [0.05, 0.1) is 5.92 Å². The van der Waals surface area contributed by atoms with Gasteiger partial charge < -0.3 is 16.4 Å². The zero-order valence-corrected chi connectivity index (χ0v) is 9.11. The van der Waals surface area contributed by atoms with Crippen LogP contribution in [0.2, 0.25) is 0 Å². The van der Waals surface area contributed by atoms with Gasteiger partial charge in [-0.1, -0.05) is 6.92 Å².